The van der Waals surface area contributed by atoms with Gasteiger partial charge in [-0.1, -0.05) is 5.16 Å². The van der Waals surface area contributed by atoms with E-state index in [1.807, 2.05) is 0 Å². The van der Waals surface area contributed by atoms with Crippen LogP contribution in [0.2, 0.25) is 0 Å². The minimum Gasteiger partial charge on any atom is -0.360 e. The van der Waals surface area contributed by atoms with E-state index in [1.54, 1.807) is 6.07 Å². The van der Waals surface area contributed by atoms with Crippen molar-refractivity contribution in [1.82, 2.24) is 20.3 Å². The van der Waals surface area contributed by atoms with Gasteiger partial charge < -0.3 is 9.84 Å². The molecule has 0 aliphatic heterocycles. The summed E-state index contributed by atoms with van der Waals surface area (Å²) in [4.78, 5) is 11.8. The van der Waals surface area contributed by atoms with Gasteiger partial charge in [-0.2, -0.15) is 18.3 Å². The number of amides is 1. The molecule has 1 aliphatic carbocycles. The second-order valence-corrected chi connectivity index (χ2v) is 5.11. The maximum atomic E-state index is 12.4. The lowest BCUT2D eigenvalue weighted by molar-refractivity contribution is -0.141. The van der Waals surface area contributed by atoms with Gasteiger partial charge in [0.05, 0.1) is 6.54 Å². The van der Waals surface area contributed by atoms with Crippen LogP contribution in [0.15, 0.2) is 22.9 Å². The summed E-state index contributed by atoms with van der Waals surface area (Å²) in [6, 6.07) is 2.49. The molecule has 0 atom stereocenters. The highest BCUT2D eigenvalue weighted by Gasteiger charge is 2.33. The number of carbonyl (C=O) groups excluding carboxylic acids is 1. The van der Waals surface area contributed by atoms with E-state index in [0.29, 0.717) is 11.7 Å². The highest BCUT2D eigenvalue weighted by atomic mass is 19.4. The van der Waals surface area contributed by atoms with Gasteiger partial charge in [0.1, 0.15) is 5.76 Å². The topological polar surface area (TPSA) is 73.0 Å². The van der Waals surface area contributed by atoms with Crippen molar-refractivity contribution in [1.29, 1.82) is 0 Å². The number of halogens is 3. The lowest BCUT2D eigenvalue weighted by Gasteiger charge is -2.04. The van der Waals surface area contributed by atoms with Crippen LogP contribution in [0.3, 0.4) is 0 Å². The third-order valence-electron chi connectivity index (χ3n) is 3.30. The summed E-state index contributed by atoms with van der Waals surface area (Å²) in [5.74, 6) is 0.643. The molecule has 2 heterocycles. The zero-order chi connectivity index (χ0) is 15.7. The van der Waals surface area contributed by atoms with Crippen LogP contribution in [0.4, 0.5) is 13.2 Å². The van der Waals surface area contributed by atoms with Gasteiger partial charge in [-0.3, -0.25) is 9.48 Å². The Bertz CT molecular complexity index is 673. The molecule has 6 nitrogen and oxygen atoms in total. The van der Waals surface area contributed by atoms with E-state index < -0.39 is 17.8 Å². The van der Waals surface area contributed by atoms with E-state index in [4.69, 9.17) is 4.52 Å². The zero-order valence-corrected chi connectivity index (χ0v) is 11.4. The van der Waals surface area contributed by atoms with Crippen molar-refractivity contribution in [3.63, 3.8) is 0 Å². The molecule has 3 rings (SSSR count). The first-order valence-electron chi connectivity index (χ1n) is 6.79. The van der Waals surface area contributed by atoms with Crippen LogP contribution in [-0.4, -0.2) is 27.4 Å². The van der Waals surface area contributed by atoms with Crippen molar-refractivity contribution in [2.45, 2.75) is 31.5 Å². The fourth-order valence-corrected chi connectivity index (χ4v) is 1.97. The third kappa shape index (κ3) is 3.29. The molecule has 0 aromatic carbocycles. The third-order valence-corrected chi connectivity index (χ3v) is 3.30. The molecule has 1 saturated carbocycles. The number of nitrogens with zero attached hydrogens (tertiary/aromatic N) is 3. The number of carbonyl (C=O) groups is 1. The predicted molar refractivity (Wildman–Crippen MR) is 68.0 cm³/mol. The second-order valence-electron chi connectivity index (χ2n) is 5.11. The highest BCUT2D eigenvalue weighted by molar-refractivity contribution is 5.92. The average Bonchev–Trinajstić information content (AvgIpc) is 3.00. The van der Waals surface area contributed by atoms with Crippen LogP contribution in [0.1, 0.15) is 40.7 Å². The van der Waals surface area contributed by atoms with Gasteiger partial charge in [-0.25, -0.2) is 0 Å². The Morgan fingerprint density at radius 1 is 1.45 bits per heavy atom. The molecule has 0 radical (unpaired) electrons. The molecule has 0 spiro atoms. The Balaban J connectivity index is 1.49. The minimum atomic E-state index is -4.46. The van der Waals surface area contributed by atoms with Crippen LogP contribution >= 0.6 is 0 Å². The number of nitrogens with one attached hydrogen (secondary N) is 1. The van der Waals surface area contributed by atoms with Crippen LogP contribution in [0, 0.1) is 0 Å². The SMILES string of the molecule is O=C(NCCn1ccc(C(F)(F)F)n1)c1cc(C2CC2)on1. The quantitative estimate of drug-likeness (QED) is 0.918. The van der Waals surface area contributed by atoms with Crippen molar-refractivity contribution < 1.29 is 22.5 Å². The summed E-state index contributed by atoms with van der Waals surface area (Å²) >= 11 is 0. The van der Waals surface area contributed by atoms with Gasteiger partial charge in [-0.05, 0) is 18.9 Å². The summed E-state index contributed by atoms with van der Waals surface area (Å²) in [5.41, 5.74) is -0.775. The lowest BCUT2D eigenvalue weighted by atomic mass is 10.3. The molecule has 9 heteroatoms. The summed E-state index contributed by atoms with van der Waals surface area (Å²) < 4.78 is 43.3. The molecule has 2 aromatic rings. The monoisotopic (exact) mass is 314 g/mol. The molecule has 0 saturated heterocycles. The second kappa shape index (κ2) is 5.47. The first-order chi connectivity index (χ1) is 10.4. The summed E-state index contributed by atoms with van der Waals surface area (Å²) in [7, 11) is 0. The smallest absolute Gasteiger partial charge is 0.360 e. The van der Waals surface area contributed by atoms with Crippen LogP contribution in [-0.2, 0) is 12.7 Å². The molecular formula is C13H13F3N4O2. The van der Waals surface area contributed by atoms with Gasteiger partial charge in [0, 0.05) is 24.7 Å². The van der Waals surface area contributed by atoms with Gasteiger partial charge >= 0.3 is 6.18 Å². The average molecular weight is 314 g/mol. The Morgan fingerprint density at radius 3 is 2.86 bits per heavy atom. The fourth-order valence-electron chi connectivity index (χ4n) is 1.97. The first-order valence-corrected chi connectivity index (χ1v) is 6.79. The molecular weight excluding hydrogens is 301 g/mol. The lowest BCUT2D eigenvalue weighted by Crippen LogP contribution is -2.27. The van der Waals surface area contributed by atoms with E-state index in [0.717, 1.165) is 23.6 Å². The molecule has 1 N–H and O–H groups in total. The summed E-state index contributed by atoms with van der Waals surface area (Å²) in [6.45, 7) is 0.276. The maximum Gasteiger partial charge on any atom is 0.435 e. The van der Waals surface area contributed by atoms with Crippen LogP contribution < -0.4 is 5.32 Å². The van der Waals surface area contributed by atoms with Crippen molar-refractivity contribution >= 4 is 5.91 Å². The molecule has 118 valence electrons. The van der Waals surface area contributed by atoms with E-state index >= 15 is 0 Å². The Hall–Kier alpha value is -2.32. The number of rotatable bonds is 5. The minimum absolute atomic E-state index is 0.134. The zero-order valence-electron chi connectivity index (χ0n) is 11.4. The summed E-state index contributed by atoms with van der Waals surface area (Å²) in [5, 5.41) is 9.64. The van der Waals surface area contributed by atoms with Crippen molar-refractivity contribution in [3.8, 4) is 0 Å². The van der Waals surface area contributed by atoms with Crippen molar-refractivity contribution in [2.75, 3.05) is 6.54 Å². The van der Waals surface area contributed by atoms with Gasteiger partial charge in [0.15, 0.2) is 11.4 Å². The molecule has 1 amide bonds. The highest BCUT2D eigenvalue weighted by Crippen LogP contribution is 2.40. The number of aromatic nitrogens is 3. The van der Waals surface area contributed by atoms with Crippen LogP contribution in [0.25, 0.3) is 0 Å². The predicted octanol–water partition coefficient (Wildman–Crippen LogP) is 2.20. The molecule has 22 heavy (non-hydrogen) atoms. The van der Waals surface area contributed by atoms with E-state index in [1.165, 1.54) is 6.20 Å². The Kier molecular flexibility index (Phi) is 3.63. The first kappa shape index (κ1) is 14.6. The van der Waals surface area contributed by atoms with Gasteiger partial charge in [-0.15, -0.1) is 0 Å². The molecule has 0 unspecified atom stereocenters. The normalized spacial score (nSPS) is 15.0. The van der Waals surface area contributed by atoms with E-state index in [-0.39, 0.29) is 18.8 Å². The Morgan fingerprint density at radius 2 is 2.23 bits per heavy atom. The molecule has 2 aromatic heterocycles. The van der Waals surface area contributed by atoms with Crippen molar-refractivity contribution in [3.05, 3.63) is 35.5 Å². The molecule has 0 bridgehead atoms. The standard InChI is InChI=1S/C13H13F3N4O2/c14-13(15,16)11-3-5-20(18-11)6-4-17-12(21)9-7-10(22-19-9)8-1-2-8/h3,5,7-8H,1-2,4,6H2,(H,17,21). The van der Waals surface area contributed by atoms with Gasteiger partial charge in [0.25, 0.3) is 5.91 Å². The van der Waals surface area contributed by atoms with E-state index in [2.05, 4.69) is 15.6 Å². The Labute approximate surface area is 123 Å². The molecule has 1 aliphatic rings. The van der Waals surface area contributed by atoms with Gasteiger partial charge in [0.2, 0.25) is 0 Å². The number of alkyl halides is 3. The number of hydrogen-bond acceptors (Lipinski definition) is 4. The largest absolute Gasteiger partial charge is 0.435 e. The van der Waals surface area contributed by atoms with Crippen LogP contribution in [0.5, 0.6) is 0 Å². The summed E-state index contributed by atoms with van der Waals surface area (Å²) in [6.07, 6.45) is -1.17. The van der Waals surface area contributed by atoms with Crippen molar-refractivity contribution in [2.24, 2.45) is 0 Å². The maximum absolute atomic E-state index is 12.4. The fraction of sp³-hybridized carbons (Fsp3) is 0.462. The molecule has 1 fully saturated rings. The number of hydrogen-bond donors (Lipinski definition) is 1. The van der Waals surface area contributed by atoms with E-state index in [9.17, 15) is 18.0 Å².